The van der Waals surface area contributed by atoms with Crippen molar-refractivity contribution in [2.45, 2.75) is 26.7 Å². The Morgan fingerprint density at radius 2 is 1.75 bits per heavy atom. The van der Waals surface area contributed by atoms with Crippen LogP contribution in [0.25, 0.3) is 0 Å². The first-order chi connectivity index (χ1) is 13.3. The van der Waals surface area contributed by atoms with E-state index < -0.39 is 10.0 Å². The quantitative estimate of drug-likeness (QED) is 0.804. The van der Waals surface area contributed by atoms with Crippen LogP contribution >= 0.6 is 0 Å². The molecule has 1 aromatic rings. The lowest BCUT2D eigenvalue weighted by Crippen LogP contribution is -2.44. The summed E-state index contributed by atoms with van der Waals surface area (Å²) in [6, 6.07) is 6.09. The Morgan fingerprint density at radius 1 is 1.11 bits per heavy atom. The standard InChI is InChI=1S/C20H32N4O3S/c1-4-28(26,27)24-9-7-17(8-10-24)20(25)21-18-5-6-19(16(2)15-18)23-13-11-22(3)12-14-23/h5-6,15,17H,4,7-14H2,1-3H3,(H,21,25). The first kappa shape index (κ1) is 21.1. The van der Waals surface area contributed by atoms with Crippen molar-refractivity contribution in [3.63, 3.8) is 0 Å². The molecule has 0 spiro atoms. The molecule has 28 heavy (non-hydrogen) atoms. The molecule has 1 aromatic carbocycles. The summed E-state index contributed by atoms with van der Waals surface area (Å²) in [6.07, 6.45) is 1.15. The van der Waals surface area contributed by atoms with Gasteiger partial charge in [0.05, 0.1) is 5.75 Å². The molecule has 2 fully saturated rings. The van der Waals surface area contributed by atoms with Crippen LogP contribution in [0.3, 0.4) is 0 Å². The number of rotatable bonds is 5. The van der Waals surface area contributed by atoms with Gasteiger partial charge in [-0.1, -0.05) is 0 Å². The highest BCUT2D eigenvalue weighted by molar-refractivity contribution is 7.89. The van der Waals surface area contributed by atoms with Crippen LogP contribution in [-0.2, 0) is 14.8 Å². The molecular formula is C20H32N4O3S. The van der Waals surface area contributed by atoms with E-state index in [0.29, 0.717) is 25.9 Å². The summed E-state index contributed by atoms with van der Waals surface area (Å²) in [5.41, 5.74) is 3.19. The Kier molecular flexibility index (Phi) is 6.62. The minimum absolute atomic E-state index is 0.0136. The number of nitrogens with zero attached hydrogens (tertiary/aromatic N) is 3. The lowest BCUT2D eigenvalue weighted by molar-refractivity contribution is -0.120. The number of hydrogen-bond acceptors (Lipinski definition) is 5. The number of likely N-dealkylation sites (N-methyl/N-ethyl adjacent to an activating group) is 1. The van der Waals surface area contributed by atoms with Crippen LogP contribution in [0.1, 0.15) is 25.3 Å². The Bertz CT molecular complexity index is 796. The van der Waals surface area contributed by atoms with Crippen LogP contribution in [0.2, 0.25) is 0 Å². The lowest BCUT2D eigenvalue weighted by Gasteiger charge is -2.35. The molecule has 2 aliphatic heterocycles. The van der Waals surface area contributed by atoms with E-state index in [1.165, 1.54) is 9.99 Å². The fourth-order valence-corrected chi connectivity index (χ4v) is 5.09. The van der Waals surface area contributed by atoms with Crippen molar-refractivity contribution in [1.82, 2.24) is 9.21 Å². The zero-order valence-electron chi connectivity index (χ0n) is 17.1. The number of carbonyl (C=O) groups excluding carboxylic acids is 1. The fourth-order valence-electron chi connectivity index (χ4n) is 3.96. The van der Waals surface area contributed by atoms with Gasteiger partial charge >= 0.3 is 0 Å². The van der Waals surface area contributed by atoms with Gasteiger partial charge in [-0.2, -0.15) is 0 Å². The van der Waals surface area contributed by atoms with Crippen LogP contribution in [0, 0.1) is 12.8 Å². The van der Waals surface area contributed by atoms with Crippen LogP contribution < -0.4 is 10.2 Å². The normalized spacial score (nSPS) is 20.3. The van der Waals surface area contributed by atoms with Crippen molar-refractivity contribution in [2.24, 2.45) is 5.92 Å². The summed E-state index contributed by atoms with van der Waals surface area (Å²) in [7, 11) is -1.02. The highest BCUT2D eigenvalue weighted by Crippen LogP contribution is 2.26. The fraction of sp³-hybridized carbons (Fsp3) is 0.650. The van der Waals surface area contributed by atoms with Crippen molar-refractivity contribution in [1.29, 1.82) is 0 Å². The maximum Gasteiger partial charge on any atom is 0.227 e. The molecule has 0 radical (unpaired) electrons. The number of nitrogens with one attached hydrogen (secondary N) is 1. The Morgan fingerprint density at radius 3 is 2.32 bits per heavy atom. The number of benzene rings is 1. The van der Waals surface area contributed by atoms with Gasteiger partial charge in [0.25, 0.3) is 0 Å². The zero-order chi connectivity index (χ0) is 20.3. The molecule has 1 N–H and O–H groups in total. The molecule has 2 aliphatic rings. The maximum atomic E-state index is 12.6. The van der Waals surface area contributed by atoms with Gasteiger partial charge in [0.15, 0.2) is 0 Å². The molecule has 2 saturated heterocycles. The van der Waals surface area contributed by atoms with Gasteiger partial charge < -0.3 is 15.1 Å². The molecular weight excluding hydrogens is 376 g/mol. The topological polar surface area (TPSA) is 73.0 Å². The van der Waals surface area contributed by atoms with E-state index in [1.54, 1.807) is 6.92 Å². The Labute approximate surface area is 168 Å². The van der Waals surface area contributed by atoms with E-state index in [4.69, 9.17) is 0 Å². The number of piperidine rings is 1. The van der Waals surface area contributed by atoms with Crippen LogP contribution in [0.4, 0.5) is 11.4 Å². The predicted octanol–water partition coefficient (Wildman–Crippen LogP) is 1.75. The van der Waals surface area contributed by atoms with Crippen molar-refractivity contribution in [3.05, 3.63) is 23.8 Å². The molecule has 0 atom stereocenters. The number of hydrogen-bond donors (Lipinski definition) is 1. The maximum absolute atomic E-state index is 12.6. The molecule has 0 aromatic heterocycles. The number of anilines is 2. The van der Waals surface area contributed by atoms with Gasteiger partial charge in [0, 0.05) is 56.6 Å². The van der Waals surface area contributed by atoms with E-state index in [0.717, 1.165) is 37.4 Å². The van der Waals surface area contributed by atoms with Gasteiger partial charge in [0.2, 0.25) is 15.9 Å². The minimum Gasteiger partial charge on any atom is -0.369 e. The van der Waals surface area contributed by atoms with Crippen molar-refractivity contribution in [2.75, 3.05) is 62.3 Å². The third kappa shape index (κ3) is 4.85. The molecule has 7 nitrogen and oxygen atoms in total. The molecule has 8 heteroatoms. The Hall–Kier alpha value is -1.64. The van der Waals surface area contributed by atoms with E-state index in [-0.39, 0.29) is 17.6 Å². The summed E-state index contributed by atoms with van der Waals surface area (Å²) >= 11 is 0. The average molecular weight is 409 g/mol. The number of aryl methyl sites for hydroxylation is 1. The van der Waals surface area contributed by atoms with Crippen LogP contribution in [0.15, 0.2) is 18.2 Å². The smallest absolute Gasteiger partial charge is 0.227 e. The largest absolute Gasteiger partial charge is 0.369 e. The molecule has 2 heterocycles. The second-order valence-electron chi connectivity index (χ2n) is 7.85. The molecule has 156 valence electrons. The van der Waals surface area contributed by atoms with Crippen molar-refractivity contribution < 1.29 is 13.2 Å². The van der Waals surface area contributed by atoms with Crippen LogP contribution in [-0.4, -0.2) is 75.6 Å². The SMILES string of the molecule is CCS(=O)(=O)N1CCC(C(=O)Nc2ccc(N3CCN(C)CC3)c(C)c2)CC1. The number of piperazine rings is 1. The third-order valence-electron chi connectivity index (χ3n) is 5.89. The summed E-state index contributed by atoms with van der Waals surface area (Å²) in [6.45, 7) is 8.74. The van der Waals surface area contributed by atoms with Gasteiger partial charge in [-0.15, -0.1) is 0 Å². The van der Waals surface area contributed by atoms with Crippen molar-refractivity contribution >= 4 is 27.3 Å². The van der Waals surface area contributed by atoms with E-state index in [1.807, 2.05) is 12.1 Å². The molecule has 3 rings (SSSR count). The molecule has 1 amide bonds. The van der Waals surface area contributed by atoms with Gasteiger partial charge in [-0.3, -0.25) is 4.79 Å². The molecule has 0 unspecified atom stereocenters. The predicted molar refractivity (Wildman–Crippen MR) is 113 cm³/mol. The van der Waals surface area contributed by atoms with E-state index >= 15 is 0 Å². The lowest BCUT2D eigenvalue weighted by atomic mass is 9.97. The first-order valence-electron chi connectivity index (χ1n) is 10.1. The number of carbonyl (C=O) groups is 1. The monoisotopic (exact) mass is 408 g/mol. The van der Waals surface area contributed by atoms with Crippen LogP contribution in [0.5, 0.6) is 0 Å². The van der Waals surface area contributed by atoms with Gasteiger partial charge in [0.1, 0.15) is 0 Å². The third-order valence-corrected chi connectivity index (χ3v) is 7.77. The highest BCUT2D eigenvalue weighted by atomic mass is 32.2. The van der Waals surface area contributed by atoms with Gasteiger partial charge in [-0.05, 0) is 57.5 Å². The summed E-state index contributed by atoms with van der Waals surface area (Å²) in [5, 5.41) is 3.02. The second-order valence-corrected chi connectivity index (χ2v) is 10.1. The highest BCUT2D eigenvalue weighted by Gasteiger charge is 2.30. The summed E-state index contributed by atoms with van der Waals surface area (Å²) in [5.74, 6) is -0.0378. The van der Waals surface area contributed by atoms with E-state index in [9.17, 15) is 13.2 Å². The molecule has 0 aliphatic carbocycles. The number of amides is 1. The first-order valence-corrected chi connectivity index (χ1v) is 11.7. The average Bonchev–Trinajstić information content (AvgIpc) is 2.69. The second kappa shape index (κ2) is 8.80. The van der Waals surface area contributed by atoms with E-state index in [2.05, 4.69) is 35.2 Å². The Balaban J connectivity index is 1.57. The number of sulfonamides is 1. The van der Waals surface area contributed by atoms with Gasteiger partial charge in [-0.25, -0.2) is 12.7 Å². The summed E-state index contributed by atoms with van der Waals surface area (Å²) in [4.78, 5) is 17.4. The summed E-state index contributed by atoms with van der Waals surface area (Å²) < 4.78 is 25.4. The minimum atomic E-state index is -3.16. The van der Waals surface area contributed by atoms with Crippen molar-refractivity contribution in [3.8, 4) is 0 Å². The molecule has 0 saturated carbocycles. The zero-order valence-corrected chi connectivity index (χ0v) is 18.0. The molecule has 0 bridgehead atoms.